The molecule has 0 saturated heterocycles. The van der Waals surface area contributed by atoms with Crippen molar-refractivity contribution in [3.63, 3.8) is 0 Å². The summed E-state index contributed by atoms with van der Waals surface area (Å²) in [7, 11) is 0. The maximum atomic E-state index is 13.4. The molecule has 1 aromatic heterocycles. The summed E-state index contributed by atoms with van der Waals surface area (Å²) < 4.78 is 26.1. The van der Waals surface area contributed by atoms with Crippen molar-refractivity contribution in [1.29, 1.82) is 0 Å². The summed E-state index contributed by atoms with van der Waals surface area (Å²) in [6, 6.07) is 2.72. The van der Waals surface area contributed by atoms with Gasteiger partial charge in [0.2, 0.25) is 11.0 Å². The molecule has 9 heteroatoms. The van der Waals surface area contributed by atoms with Crippen molar-refractivity contribution in [3.8, 4) is 0 Å². The van der Waals surface area contributed by atoms with Crippen LogP contribution in [0.25, 0.3) is 0 Å². The molecule has 0 aliphatic rings. The van der Waals surface area contributed by atoms with Gasteiger partial charge >= 0.3 is 0 Å². The van der Waals surface area contributed by atoms with E-state index in [2.05, 4.69) is 20.8 Å². The fourth-order valence-corrected chi connectivity index (χ4v) is 2.09. The SMILES string of the molecule is O=C(CCCNC(=O)c1ccc(F)cc1F)Nc1nncs1. The molecule has 2 rings (SSSR count). The van der Waals surface area contributed by atoms with Crippen LogP contribution in [0.15, 0.2) is 23.7 Å². The zero-order chi connectivity index (χ0) is 15.9. The first kappa shape index (κ1) is 16.0. The van der Waals surface area contributed by atoms with Crippen molar-refractivity contribution in [2.45, 2.75) is 12.8 Å². The third kappa shape index (κ3) is 4.55. The number of nitrogens with zero attached hydrogens (tertiary/aromatic N) is 2. The van der Waals surface area contributed by atoms with Gasteiger partial charge < -0.3 is 10.6 Å². The topological polar surface area (TPSA) is 84.0 Å². The Morgan fingerprint density at radius 3 is 2.77 bits per heavy atom. The summed E-state index contributed by atoms with van der Waals surface area (Å²) in [6.45, 7) is 0.194. The molecule has 0 saturated carbocycles. The van der Waals surface area contributed by atoms with Gasteiger partial charge in [-0.2, -0.15) is 0 Å². The second-order valence-corrected chi connectivity index (χ2v) is 5.11. The van der Waals surface area contributed by atoms with E-state index in [0.717, 1.165) is 12.1 Å². The smallest absolute Gasteiger partial charge is 0.254 e. The summed E-state index contributed by atoms with van der Waals surface area (Å²) >= 11 is 1.20. The minimum Gasteiger partial charge on any atom is -0.352 e. The molecule has 2 aromatic rings. The van der Waals surface area contributed by atoms with Gasteiger partial charge in [0.25, 0.3) is 5.91 Å². The summed E-state index contributed by atoms with van der Waals surface area (Å²) in [4.78, 5) is 23.2. The van der Waals surface area contributed by atoms with Gasteiger partial charge in [0.15, 0.2) is 0 Å². The summed E-state index contributed by atoms with van der Waals surface area (Å²) in [5.74, 6) is -2.57. The molecular weight excluding hydrogens is 314 g/mol. The van der Waals surface area contributed by atoms with E-state index in [1.165, 1.54) is 16.8 Å². The van der Waals surface area contributed by atoms with Gasteiger partial charge in [-0.15, -0.1) is 10.2 Å². The van der Waals surface area contributed by atoms with E-state index in [1.807, 2.05) is 0 Å². The predicted octanol–water partition coefficient (Wildman–Crippen LogP) is 1.96. The molecule has 0 radical (unpaired) electrons. The fraction of sp³-hybridized carbons (Fsp3) is 0.231. The van der Waals surface area contributed by atoms with E-state index in [9.17, 15) is 18.4 Å². The highest BCUT2D eigenvalue weighted by Gasteiger charge is 2.12. The van der Waals surface area contributed by atoms with E-state index in [0.29, 0.717) is 17.6 Å². The number of halogens is 2. The summed E-state index contributed by atoms with van der Waals surface area (Å²) in [6.07, 6.45) is 0.547. The van der Waals surface area contributed by atoms with Crippen LogP contribution in [-0.4, -0.2) is 28.6 Å². The first-order valence-corrected chi connectivity index (χ1v) is 7.23. The lowest BCUT2D eigenvalue weighted by Crippen LogP contribution is -2.26. The van der Waals surface area contributed by atoms with Gasteiger partial charge in [-0.1, -0.05) is 11.3 Å². The zero-order valence-electron chi connectivity index (χ0n) is 11.3. The van der Waals surface area contributed by atoms with Crippen LogP contribution in [0.3, 0.4) is 0 Å². The standard InChI is InChI=1S/C13H12F2N4O2S/c14-8-3-4-9(10(15)6-8)12(21)16-5-1-2-11(20)18-13-19-17-7-22-13/h3-4,6-7H,1-2,5H2,(H,16,21)(H,18,19,20). The van der Waals surface area contributed by atoms with E-state index in [-0.39, 0.29) is 24.4 Å². The molecule has 6 nitrogen and oxygen atoms in total. The third-order valence-electron chi connectivity index (χ3n) is 2.65. The Labute approximate surface area is 128 Å². The Morgan fingerprint density at radius 1 is 1.27 bits per heavy atom. The van der Waals surface area contributed by atoms with Crippen LogP contribution in [-0.2, 0) is 4.79 Å². The molecule has 2 amide bonds. The van der Waals surface area contributed by atoms with Crippen molar-refractivity contribution in [3.05, 3.63) is 40.9 Å². The third-order valence-corrected chi connectivity index (χ3v) is 3.25. The van der Waals surface area contributed by atoms with Gasteiger partial charge in [-0.05, 0) is 18.6 Å². The second kappa shape index (κ2) is 7.55. The van der Waals surface area contributed by atoms with Crippen molar-refractivity contribution >= 4 is 28.3 Å². The van der Waals surface area contributed by atoms with Crippen LogP contribution in [0.1, 0.15) is 23.2 Å². The number of hydrogen-bond donors (Lipinski definition) is 2. The minimum absolute atomic E-state index is 0.172. The number of anilines is 1. The molecule has 0 fully saturated rings. The number of benzene rings is 1. The Kier molecular flexibility index (Phi) is 5.48. The molecule has 0 unspecified atom stereocenters. The number of carbonyl (C=O) groups excluding carboxylic acids is 2. The number of aromatic nitrogens is 2. The number of amides is 2. The Hall–Kier alpha value is -2.42. The molecule has 116 valence electrons. The molecule has 0 aliphatic heterocycles. The van der Waals surface area contributed by atoms with Gasteiger partial charge in [-0.25, -0.2) is 8.78 Å². The lowest BCUT2D eigenvalue weighted by atomic mass is 10.2. The van der Waals surface area contributed by atoms with Crippen molar-refractivity contribution < 1.29 is 18.4 Å². The molecule has 1 heterocycles. The average molecular weight is 326 g/mol. The maximum absolute atomic E-state index is 13.4. The Morgan fingerprint density at radius 2 is 2.09 bits per heavy atom. The Balaban J connectivity index is 1.72. The molecule has 0 aliphatic carbocycles. The Bertz CT molecular complexity index is 664. The fourth-order valence-electron chi connectivity index (χ4n) is 1.63. The molecule has 1 aromatic carbocycles. The first-order chi connectivity index (χ1) is 10.6. The summed E-state index contributed by atoms with van der Waals surface area (Å²) in [5.41, 5.74) is 1.26. The van der Waals surface area contributed by atoms with Crippen LogP contribution in [0.2, 0.25) is 0 Å². The monoisotopic (exact) mass is 326 g/mol. The first-order valence-electron chi connectivity index (χ1n) is 6.35. The van der Waals surface area contributed by atoms with Crippen molar-refractivity contribution in [2.75, 3.05) is 11.9 Å². The molecule has 0 bridgehead atoms. The minimum atomic E-state index is -0.925. The van der Waals surface area contributed by atoms with Crippen molar-refractivity contribution in [2.24, 2.45) is 0 Å². The second-order valence-electron chi connectivity index (χ2n) is 4.28. The van der Waals surface area contributed by atoms with Crippen LogP contribution >= 0.6 is 11.3 Å². The average Bonchev–Trinajstić information content (AvgIpc) is 2.96. The normalized spacial score (nSPS) is 10.3. The zero-order valence-corrected chi connectivity index (χ0v) is 12.1. The highest BCUT2D eigenvalue weighted by atomic mass is 32.1. The van der Waals surface area contributed by atoms with Gasteiger partial charge in [0.05, 0.1) is 5.56 Å². The van der Waals surface area contributed by atoms with E-state index >= 15 is 0 Å². The van der Waals surface area contributed by atoms with Crippen LogP contribution in [0, 0.1) is 11.6 Å². The molecule has 2 N–H and O–H groups in total. The highest BCUT2D eigenvalue weighted by molar-refractivity contribution is 7.13. The van der Waals surface area contributed by atoms with E-state index in [4.69, 9.17) is 0 Å². The molecule has 22 heavy (non-hydrogen) atoms. The maximum Gasteiger partial charge on any atom is 0.254 e. The lowest BCUT2D eigenvalue weighted by Gasteiger charge is -2.06. The highest BCUT2D eigenvalue weighted by Crippen LogP contribution is 2.10. The number of hydrogen-bond acceptors (Lipinski definition) is 5. The van der Waals surface area contributed by atoms with Crippen LogP contribution < -0.4 is 10.6 Å². The number of rotatable bonds is 6. The van der Waals surface area contributed by atoms with Crippen molar-refractivity contribution in [1.82, 2.24) is 15.5 Å². The summed E-state index contributed by atoms with van der Waals surface area (Å²) in [5, 5.41) is 12.7. The number of nitrogens with one attached hydrogen (secondary N) is 2. The predicted molar refractivity (Wildman–Crippen MR) is 76.5 cm³/mol. The van der Waals surface area contributed by atoms with E-state index < -0.39 is 17.5 Å². The van der Waals surface area contributed by atoms with Crippen LogP contribution in [0.4, 0.5) is 13.9 Å². The van der Waals surface area contributed by atoms with E-state index in [1.54, 1.807) is 0 Å². The van der Waals surface area contributed by atoms with Gasteiger partial charge in [0, 0.05) is 19.0 Å². The number of carbonyl (C=O) groups is 2. The molecular formula is C13H12F2N4O2S. The molecule has 0 spiro atoms. The van der Waals surface area contributed by atoms with Gasteiger partial charge in [-0.3, -0.25) is 9.59 Å². The molecule has 0 atom stereocenters. The van der Waals surface area contributed by atoms with Crippen LogP contribution in [0.5, 0.6) is 0 Å². The quantitative estimate of drug-likeness (QED) is 0.795. The van der Waals surface area contributed by atoms with Gasteiger partial charge in [0.1, 0.15) is 17.1 Å². The lowest BCUT2D eigenvalue weighted by molar-refractivity contribution is -0.116. The largest absolute Gasteiger partial charge is 0.352 e.